The molecule has 0 fully saturated rings. The summed E-state index contributed by atoms with van der Waals surface area (Å²) in [6.45, 7) is 8.54. The van der Waals surface area contributed by atoms with E-state index in [1.54, 1.807) is 12.1 Å². The summed E-state index contributed by atoms with van der Waals surface area (Å²) in [6, 6.07) is 10.3. The number of rotatable bonds is 5. The van der Waals surface area contributed by atoms with E-state index >= 15 is 0 Å². The Labute approximate surface area is 159 Å². The number of imide groups is 1. The second-order valence-electron chi connectivity index (χ2n) is 7.43. The molecule has 0 aromatic heterocycles. The second-order valence-corrected chi connectivity index (χ2v) is 7.43. The van der Waals surface area contributed by atoms with Gasteiger partial charge < -0.3 is 5.32 Å². The maximum Gasteiger partial charge on any atom is 0.266 e. The van der Waals surface area contributed by atoms with Crippen molar-refractivity contribution in [1.29, 1.82) is 0 Å². The Kier molecular flexibility index (Phi) is 5.13. The molecule has 0 saturated carbocycles. The summed E-state index contributed by atoms with van der Waals surface area (Å²) in [4.78, 5) is 39.3. The zero-order chi connectivity index (χ0) is 19.7. The topological polar surface area (TPSA) is 66.5 Å². The standard InChI is InChI=1S/C22H24N2O3/c1-13(2)9-10-23-20(25)16-7-8-17-18(12-16)22(27)24(21(17)26)19-11-14(3)5-6-15(19)4/h5-8,11-13H,9-10H2,1-4H3,(H,23,25). The van der Waals surface area contributed by atoms with Gasteiger partial charge in [0.15, 0.2) is 0 Å². The van der Waals surface area contributed by atoms with Gasteiger partial charge in [-0.25, -0.2) is 4.90 Å². The predicted molar refractivity (Wildman–Crippen MR) is 105 cm³/mol. The van der Waals surface area contributed by atoms with Gasteiger partial charge in [-0.15, -0.1) is 0 Å². The number of hydrogen-bond donors (Lipinski definition) is 1. The number of carbonyl (C=O) groups is 3. The fourth-order valence-corrected chi connectivity index (χ4v) is 3.14. The van der Waals surface area contributed by atoms with Gasteiger partial charge in [0.1, 0.15) is 0 Å². The van der Waals surface area contributed by atoms with Crippen molar-refractivity contribution < 1.29 is 14.4 Å². The minimum atomic E-state index is -0.388. The average molecular weight is 364 g/mol. The van der Waals surface area contributed by atoms with E-state index in [2.05, 4.69) is 19.2 Å². The van der Waals surface area contributed by atoms with E-state index < -0.39 is 0 Å². The van der Waals surface area contributed by atoms with E-state index in [0.717, 1.165) is 17.5 Å². The van der Waals surface area contributed by atoms with Crippen LogP contribution in [0.1, 0.15) is 62.5 Å². The van der Waals surface area contributed by atoms with Crippen molar-refractivity contribution in [1.82, 2.24) is 5.32 Å². The summed E-state index contributed by atoms with van der Waals surface area (Å²) in [5.74, 6) is -0.476. The number of carbonyl (C=O) groups excluding carboxylic acids is 3. The van der Waals surface area contributed by atoms with Crippen molar-refractivity contribution in [3.05, 3.63) is 64.2 Å². The molecule has 0 atom stereocenters. The summed E-state index contributed by atoms with van der Waals surface area (Å²) in [5.41, 5.74) is 3.40. The Morgan fingerprint density at radius 2 is 1.70 bits per heavy atom. The molecule has 140 valence electrons. The van der Waals surface area contributed by atoms with Crippen molar-refractivity contribution >= 4 is 23.4 Å². The second kappa shape index (κ2) is 7.35. The lowest BCUT2D eigenvalue weighted by atomic mass is 10.1. The number of benzene rings is 2. The van der Waals surface area contributed by atoms with E-state index in [1.165, 1.54) is 11.0 Å². The summed E-state index contributed by atoms with van der Waals surface area (Å²) in [5, 5.41) is 2.86. The first-order valence-electron chi connectivity index (χ1n) is 9.18. The molecule has 0 saturated heterocycles. The molecule has 3 amide bonds. The van der Waals surface area contributed by atoms with Crippen molar-refractivity contribution in [2.75, 3.05) is 11.4 Å². The molecule has 0 radical (unpaired) electrons. The van der Waals surface area contributed by atoms with E-state index in [-0.39, 0.29) is 23.3 Å². The van der Waals surface area contributed by atoms with Crippen LogP contribution in [0.3, 0.4) is 0 Å². The van der Waals surface area contributed by atoms with Crippen LogP contribution in [-0.4, -0.2) is 24.3 Å². The third-order valence-electron chi connectivity index (χ3n) is 4.76. The number of nitrogens with zero attached hydrogens (tertiary/aromatic N) is 1. The quantitative estimate of drug-likeness (QED) is 0.819. The van der Waals surface area contributed by atoms with Gasteiger partial charge in [0, 0.05) is 12.1 Å². The molecule has 0 bridgehead atoms. The molecular formula is C22H24N2O3. The Morgan fingerprint density at radius 1 is 1.00 bits per heavy atom. The Bertz CT molecular complexity index is 931. The highest BCUT2D eigenvalue weighted by atomic mass is 16.2. The molecule has 2 aromatic rings. The van der Waals surface area contributed by atoms with Gasteiger partial charge in [0.05, 0.1) is 16.8 Å². The molecule has 0 spiro atoms. The first-order chi connectivity index (χ1) is 12.8. The first-order valence-corrected chi connectivity index (χ1v) is 9.18. The van der Waals surface area contributed by atoms with Gasteiger partial charge in [0.2, 0.25) is 0 Å². The Balaban J connectivity index is 1.88. The number of nitrogens with one attached hydrogen (secondary N) is 1. The van der Waals surface area contributed by atoms with Crippen LogP contribution >= 0.6 is 0 Å². The predicted octanol–water partition coefficient (Wildman–Crippen LogP) is 3.88. The maximum atomic E-state index is 12.9. The lowest BCUT2D eigenvalue weighted by Gasteiger charge is -2.17. The zero-order valence-electron chi connectivity index (χ0n) is 16.1. The van der Waals surface area contributed by atoms with Crippen molar-refractivity contribution in [2.24, 2.45) is 5.92 Å². The van der Waals surface area contributed by atoms with Gasteiger partial charge in [-0.2, -0.15) is 0 Å². The van der Waals surface area contributed by atoms with E-state index in [0.29, 0.717) is 29.3 Å². The molecule has 27 heavy (non-hydrogen) atoms. The van der Waals surface area contributed by atoms with Crippen LogP contribution in [0.25, 0.3) is 0 Å². The van der Waals surface area contributed by atoms with Gasteiger partial charge in [-0.1, -0.05) is 26.0 Å². The van der Waals surface area contributed by atoms with Crippen LogP contribution in [0, 0.1) is 19.8 Å². The molecule has 1 heterocycles. The molecule has 1 N–H and O–H groups in total. The van der Waals surface area contributed by atoms with Crippen LogP contribution in [0.5, 0.6) is 0 Å². The van der Waals surface area contributed by atoms with Crippen LogP contribution in [0.15, 0.2) is 36.4 Å². The molecule has 5 nitrogen and oxygen atoms in total. The number of hydrogen-bond acceptors (Lipinski definition) is 3. The average Bonchev–Trinajstić information content (AvgIpc) is 2.87. The summed E-state index contributed by atoms with van der Waals surface area (Å²) >= 11 is 0. The van der Waals surface area contributed by atoms with Crippen LogP contribution in [0.4, 0.5) is 5.69 Å². The fourth-order valence-electron chi connectivity index (χ4n) is 3.14. The van der Waals surface area contributed by atoms with Crippen molar-refractivity contribution in [3.63, 3.8) is 0 Å². The summed E-state index contributed by atoms with van der Waals surface area (Å²) in [6.07, 6.45) is 0.883. The van der Waals surface area contributed by atoms with Gasteiger partial charge in [-0.05, 0) is 61.6 Å². The number of anilines is 1. The van der Waals surface area contributed by atoms with Gasteiger partial charge >= 0.3 is 0 Å². The highest BCUT2D eigenvalue weighted by Gasteiger charge is 2.37. The van der Waals surface area contributed by atoms with E-state index in [9.17, 15) is 14.4 Å². The van der Waals surface area contributed by atoms with E-state index in [1.807, 2.05) is 32.0 Å². The van der Waals surface area contributed by atoms with Crippen molar-refractivity contribution in [3.8, 4) is 0 Å². The third kappa shape index (κ3) is 3.63. The summed E-state index contributed by atoms with van der Waals surface area (Å²) < 4.78 is 0. The zero-order valence-corrected chi connectivity index (χ0v) is 16.1. The normalized spacial score (nSPS) is 13.3. The monoisotopic (exact) mass is 364 g/mol. The van der Waals surface area contributed by atoms with Gasteiger partial charge in [0.25, 0.3) is 17.7 Å². The number of aryl methyl sites for hydroxylation is 2. The van der Waals surface area contributed by atoms with Crippen molar-refractivity contribution in [2.45, 2.75) is 34.1 Å². The minimum Gasteiger partial charge on any atom is -0.352 e. The van der Waals surface area contributed by atoms with Crippen LogP contribution in [-0.2, 0) is 0 Å². The SMILES string of the molecule is Cc1ccc(C)c(N2C(=O)c3ccc(C(=O)NCCC(C)C)cc3C2=O)c1. The first kappa shape index (κ1) is 18.8. The molecule has 0 unspecified atom stereocenters. The highest BCUT2D eigenvalue weighted by Crippen LogP contribution is 2.31. The molecule has 2 aromatic carbocycles. The van der Waals surface area contributed by atoms with Crippen LogP contribution in [0.2, 0.25) is 0 Å². The lowest BCUT2D eigenvalue weighted by molar-refractivity contribution is 0.0923. The Hall–Kier alpha value is -2.95. The van der Waals surface area contributed by atoms with Crippen LogP contribution < -0.4 is 10.2 Å². The molecule has 0 aliphatic carbocycles. The maximum absolute atomic E-state index is 12.9. The van der Waals surface area contributed by atoms with Gasteiger partial charge in [-0.3, -0.25) is 14.4 Å². The lowest BCUT2D eigenvalue weighted by Crippen LogP contribution is -2.30. The third-order valence-corrected chi connectivity index (χ3v) is 4.76. The van der Waals surface area contributed by atoms with E-state index in [4.69, 9.17) is 0 Å². The number of amides is 3. The molecule has 1 aliphatic rings. The largest absolute Gasteiger partial charge is 0.352 e. The Morgan fingerprint density at radius 3 is 2.41 bits per heavy atom. The number of fused-ring (bicyclic) bond motifs is 1. The molecule has 5 heteroatoms. The fraction of sp³-hybridized carbons (Fsp3) is 0.318. The highest BCUT2D eigenvalue weighted by molar-refractivity contribution is 6.35. The molecule has 1 aliphatic heterocycles. The molecular weight excluding hydrogens is 340 g/mol. The smallest absolute Gasteiger partial charge is 0.266 e. The summed E-state index contributed by atoms with van der Waals surface area (Å²) in [7, 11) is 0. The molecule has 3 rings (SSSR count). The minimum absolute atomic E-state index is 0.233.